The van der Waals surface area contributed by atoms with Gasteiger partial charge in [-0.2, -0.15) is 5.10 Å². The van der Waals surface area contributed by atoms with Crippen LogP contribution in [0.4, 0.5) is 0 Å². The Bertz CT molecular complexity index is 876. The molecule has 26 heavy (non-hydrogen) atoms. The van der Waals surface area contributed by atoms with Gasteiger partial charge in [0.2, 0.25) is 0 Å². The molecule has 0 spiro atoms. The Morgan fingerprint density at radius 2 is 2.04 bits per heavy atom. The number of benzene rings is 1. The lowest BCUT2D eigenvalue weighted by molar-refractivity contribution is -0.122. The van der Waals surface area contributed by atoms with E-state index in [1.54, 1.807) is 4.68 Å². The predicted octanol–water partition coefficient (Wildman–Crippen LogP) is 2.07. The second-order valence-electron chi connectivity index (χ2n) is 6.15. The number of carbonyl (C=O) groups is 1. The summed E-state index contributed by atoms with van der Waals surface area (Å²) in [6, 6.07) is 8.51. The molecule has 2 N–H and O–H groups in total. The number of nitrogens with zero attached hydrogens (tertiary/aromatic N) is 4. The van der Waals surface area contributed by atoms with Crippen LogP contribution in [0, 0.1) is 6.92 Å². The van der Waals surface area contributed by atoms with Crippen LogP contribution in [-0.4, -0.2) is 56.5 Å². The van der Waals surface area contributed by atoms with Crippen LogP contribution in [-0.2, 0) is 18.4 Å². The Morgan fingerprint density at radius 1 is 1.31 bits per heavy atom. The van der Waals surface area contributed by atoms with E-state index in [1.165, 1.54) is 16.5 Å². The van der Waals surface area contributed by atoms with Crippen LogP contribution in [0.15, 0.2) is 36.7 Å². The Hall–Kier alpha value is -2.77. The van der Waals surface area contributed by atoms with Gasteiger partial charge in [0.25, 0.3) is 6.47 Å². The molecule has 138 valence electrons. The molecular weight excluding hydrogens is 332 g/mol. The third-order valence-electron chi connectivity index (χ3n) is 4.02. The van der Waals surface area contributed by atoms with Crippen LogP contribution >= 0.6 is 0 Å². The van der Waals surface area contributed by atoms with Crippen LogP contribution in [0.1, 0.15) is 11.1 Å². The van der Waals surface area contributed by atoms with Crippen molar-refractivity contribution in [3.8, 4) is 11.3 Å². The fraction of sp³-hybridized carbons (Fsp3) is 0.316. The van der Waals surface area contributed by atoms with Crippen molar-refractivity contribution in [2.75, 3.05) is 20.2 Å². The molecule has 0 aliphatic heterocycles. The van der Waals surface area contributed by atoms with Crippen molar-refractivity contribution < 1.29 is 15.0 Å². The number of rotatable bonds is 5. The SMILES string of the molecule is Cc1cc(-c2cnn(C)c2)nc2cc(CN(C)CCO)ccc12.O=CO. The smallest absolute Gasteiger partial charge is 0.290 e. The maximum Gasteiger partial charge on any atom is 0.290 e. The van der Waals surface area contributed by atoms with Gasteiger partial charge >= 0.3 is 0 Å². The summed E-state index contributed by atoms with van der Waals surface area (Å²) in [5.74, 6) is 0. The number of aromatic nitrogens is 3. The average Bonchev–Trinajstić information content (AvgIpc) is 3.02. The van der Waals surface area contributed by atoms with Crippen molar-refractivity contribution in [3.05, 3.63) is 47.8 Å². The first-order valence-corrected chi connectivity index (χ1v) is 8.25. The van der Waals surface area contributed by atoms with Crippen LogP contribution in [0.2, 0.25) is 0 Å². The van der Waals surface area contributed by atoms with Crippen LogP contribution in [0.25, 0.3) is 22.2 Å². The maximum atomic E-state index is 9.03. The quantitative estimate of drug-likeness (QED) is 0.680. The molecule has 2 aromatic heterocycles. The molecule has 0 radical (unpaired) electrons. The van der Waals surface area contributed by atoms with Gasteiger partial charge in [0, 0.05) is 37.3 Å². The van der Waals surface area contributed by atoms with Gasteiger partial charge in [-0.3, -0.25) is 14.4 Å². The maximum absolute atomic E-state index is 9.03. The highest BCUT2D eigenvalue weighted by atomic mass is 16.3. The summed E-state index contributed by atoms with van der Waals surface area (Å²) >= 11 is 0. The van der Waals surface area contributed by atoms with Crippen LogP contribution in [0.5, 0.6) is 0 Å². The largest absolute Gasteiger partial charge is 0.483 e. The summed E-state index contributed by atoms with van der Waals surface area (Å²) in [6.07, 6.45) is 3.82. The molecule has 3 rings (SSSR count). The van der Waals surface area contributed by atoms with Gasteiger partial charge in [-0.05, 0) is 37.2 Å². The molecule has 0 aliphatic rings. The van der Waals surface area contributed by atoms with E-state index in [9.17, 15) is 0 Å². The minimum atomic E-state index is -0.250. The number of fused-ring (bicyclic) bond motifs is 1. The van der Waals surface area contributed by atoms with Gasteiger partial charge < -0.3 is 10.2 Å². The number of aryl methyl sites for hydroxylation is 2. The first-order chi connectivity index (χ1) is 12.5. The summed E-state index contributed by atoms with van der Waals surface area (Å²) in [7, 11) is 3.91. The average molecular weight is 356 g/mol. The fourth-order valence-electron chi connectivity index (χ4n) is 2.81. The highest BCUT2D eigenvalue weighted by Gasteiger charge is 2.08. The predicted molar refractivity (Wildman–Crippen MR) is 101 cm³/mol. The lowest BCUT2D eigenvalue weighted by Crippen LogP contribution is -2.21. The molecule has 0 unspecified atom stereocenters. The zero-order valence-corrected chi connectivity index (χ0v) is 15.3. The fourth-order valence-corrected chi connectivity index (χ4v) is 2.81. The molecular formula is C19H24N4O3. The minimum Gasteiger partial charge on any atom is -0.483 e. The summed E-state index contributed by atoms with van der Waals surface area (Å²) in [6.45, 7) is 3.50. The standard InChI is InChI=1S/C18H22N4O.CH2O2/c1-13-8-17(15-10-19-22(3)12-15)20-18-9-14(4-5-16(13)18)11-21(2)6-7-23;2-1-3/h4-5,8-10,12,23H,6-7,11H2,1-3H3;1H,(H,2,3). The Kier molecular flexibility index (Phi) is 6.82. The van der Waals surface area contributed by atoms with Crippen molar-refractivity contribution in [1.82, 2.24) is 19.7 Å². The molecule has 0 bridgehead atoms. The molecule has 3 aromatic rings. The second-order valence-corrected chi connectivity index (χ2v) is 6.15. The number of pyridine rings is 1. The summed E-state index contributed by atoms with van der Waals surface area (Å²) in [4.78, 5) is 15.3. The van der Waals surface area contributed by atoms with Crippen LogP contribution in [0.3, 0.4) is 0 Å². The second kappa shape index (κ2) is 9.07. The zero-order valence-electron chi connectivity index (χ0n) is 15.3. The molecule has 0 atom stereocenters. The van der Waals surface area contributed by atoms with Crippen LogP contribution < -0.4 is 0 Å². The Labute approximate surface area is 152 Å². The highest BCUT2D eigenvalue weighted by Crippen LogP contribution is 2.25. The number of hydrogen-bond acceptors (Lipinski definition) is 5. The molecule has 0 saturated heterocycles. The van der Waals surface area contributed by atoms with Crippen molar-refractivity contribution >= 4 is 17.4 Å². The first-order valence-electron chi connectivity index (χ1n) is 8.25. The molecule has 2 heterocycles. The van der Waals surface area contributed by atoms with E-state index < -0.39 is 0 Å². The monoisotopic (exact) mass is 356 g/mol. The first kappa shape index (κ1) is 19.6. The van der Waals surface area contributed by atoms with Crippen molar-refractivity contribution in [1.29, 1.82) is 0 Å². The van der Waals surface area contributed by atoms with E-state index >= 15 is 0 Å². The van der Waals surface area contributed by atoms with E-state index in [1.807, 2.05) is 26.5 Å². The third-order valence-corrected chi connectivity index (χ3v) is 4.02. The van der Waals surface area contributed by atoms with E-state index in [4.69, 9.17) is 20.0 Å². The number of likely N-dealkylation sites (N-methyl/N-ethyl adjacent to an activating group) is 1. The number of aliphatic hydroxyl groups excluding tert-OH is 1. The van der Waals surface area contributed by atoms with Crippen molar-refractivity contribution in [3.63, 3.8) is 0 Å². The van der Waals surface area contributed by atoms with E-state index in [0.717, 1.165) is 23.3 Å². The lowest BCUT2D eigenvalue weighted by atomic mass is 10.0. The molecule has 7 nitrogen and oxygen atoms in total. The Balaban J connectivity index is 0.000000758. The zero-order chi connectivity index (χ0) is 19.1. The molecule has 0 saturated carbocycles. The van der Waals surface area contributed by atoms with Gasteiger partial charge in [0.15, 0.2) is 0 Å². The number of carboxylic acid groups (broad SMARTS) is 1. The normalized spacial score (nSPS) is 10.7. The molecule has 1 aromatic carbocycles. The summed E-state index contributed by atoms with van der Waals surface area (Å²) in [5.41, 5.74) is 5.39. The number of hydrogen-bond donors (Lipinski definition) is 2. The van der Waals surface area contributed by atoms with E-state index in [0.29, 0.717) is 6.54 Å². The van der Waals surface area contributed by atoms with E-state index in [-0.39, 0.29) is 13.1 Å². The van der Waals surface area contributed by atoms with Gasteiger partial charge in [-0.25, -0.2) is 4.98 Å². The lowest BCUT2D eigenvalue weighted by Gasteiger charge is -2.15. The van der Waals surface area contributed by atoms with Crippen molar-refractivity contribution in [2.24, 2.45) is 7.05 Å². The summed E-state index contributed by atoms with van der Waals surface area (Å²) in [5, 5.41) is 21.3. The van der Waals surface area contributed by atoms with Gasteiger partial charge in [-0.15, -0.1) is 0 Å². The molecule has 0 aliphatic carbocycles. The Morgan fingerprint density at radius 3 is 2.65 bits per heavy atom. The third kappa shape index (κ3) is 4.87. The molecule has 7 heteroatoms. The van der Waals surface area contributed by atoms with Gasteiger partial charge in [0.05, 0.1) is 24.0 Å². The number of aliphatic hydroxyl groups is 1. The summed E-state index contributed by atoms with van der Waals surface area (Å²) < 4.78 is 1.79. The van der Waals surface area contributed by atoms with Gasteiger partial charge in [-0.1, -0.05) is 12.1 Å². The molecule has 0 fully saturated rings. The van der Waals surface area contributed by atoms with E-state index in [2.05, 4.69) is 41.2 Å². The minimum absolute atomic E-state index is 0.173. The molecule has 0 amide bonds. The van der Waals surface area contributed by atoms with Gasteiger partial charge in [0.1, 0.15) is 0 Å². The van der Waals surface area contributed by atoms with Crippen molar-refractivity contribution in [2.45, 2.75) is 13.5 Å². The highest BCUT2D eigenvalue weighted by molar-refractivity contribution is 5.85. The topological polar surface area (TPSA) is 91.5 Å².